The van der Waals surface area contributed by atoms with Crippen molar-refractivity contribution in [3.63, 3.8) is 0 Å². The van der Waals surface area contributed by atoms with Crippen molar-refractivity contribution < 1.29 is 34.1 Å². The van der Waals surface area contributed by atoms with Crippen LogP contribution in [0.4, 0.5) is 4.79 Å². The van der Waals surface area contributed by atoms with Crippen molar-refractivity contribution in [3.8, 4) is 11.1 Å². The van der Waals surface area contributed by atoms with Crippen molar-refractivity contribution >= 4 is 23.9 Å². The summed E-state index contributed by atoms with van der Waals surface area (Å²) in [6.45, 7) is -0.159. The Balaban J connectivity index is 1.26. The maximum atomic E-state index is 13.4. The van der Waals surface area contributed by atoms with E-state index >= 15 is 0 Å². The number of carboxylic acids is 1. The van der Waals surface area contributed by atoms with Gasteiger partial charge in [0, 0.05) is 25.4 Å². The average Bonchev–Trinajstić information content (AvgIpc) is 3.61. The van der Waals surface area contributed by atoms with Crippen LogP contribution in [0.25, 0.3) is 11.1 Å². The molecule has 10 heteroatoms. The lowest BCUT2D eigenvalue weighted by Crippen LogP contribution is -2.53. The zero-order chi connectivity index (χ0) is 26.1. The fourth-order valence-corrected chi connectivity index (χ4v) is 5.70. The molecule has 3 N–H and O–H groups in total. The first kappa shape index (κ1) is 24.8. The van der Waals surface area contributed by atoms with E-state index in [1.54, 1.807) is 0 Å². The molecule has 0 spiro atoms. The molecular weight excluding hydrogens is 478 g/mol. The quantitative estimate of drug-likeness (QED) is 0.540. The van der Waals surface area contributed by atoms with Gasteiger partial charge in [-0.05, 0) is 35.1 Å². The third-order valence-electron chi connectivity index (χ3n) is 7.39. The van der Waals surface area contributed by atoms with Gasteiger partial charge in [-0.3, -0.25) is 19.3 Å². The van der Waals surface area contributed by atoms with Gasteiger partial charge in [-0.2, -0.15) is 0 Å². The largest absolute Gasteiger partial charge is 0.480 e. The Hall–Kier alpha value is -3.92. The van der Waals surface area contributed by atoms with E-state index in [1.165, 1.54) is 9.80 Å². The number of nitrogens with one attached hydrogen (secondary N) is 1. The van der Waals surface area contributed by atoms with Gasteiger partial charge in [0.25, 0.3) is 0 Å². The van der Waals surface area contributed by atoms with E-state index in [0.29, 0.717) is 19.4 Å². The summed E-state index contributed by atoms with van der Waals surface area (Å²) >= 11 is 0. The highest BCUT2D eigenvalue weighted by Gasteiger charge is 2.45. The first-order valence-electron chi connectivity index (χ1n) is 12.4. The van der Waals surface area contributed by atoms with E-state index in [2.05, 4.69) is 17.4 Å². The highest BCUT2D eigenvalue weighted by molar-refractivity contribution is 5.93. The summed E-state index contributed by atoms with van der Waals surface area (Å²) in [4.78, 5) is 52.5. The predicted molar refractivity (Wildman–Crippen MR) is 132 cm³/mol. The molecular formula is C27H29N3O7. The van der Waals surface area contributed by atoms with Crippen molar-refractivity contribution in [1.29, 1.82) is 0 Å². The summed E-state index contributed by atoms with van der Waals surface area (Å²) in [5, 5.41) is 21.2. The van der Waals surface area contributed by atoms with Crippen LogP contribution in [0.5, 0.6) is 0 Å². The molecule has 0 radical (unpaired) electrons. The summed E-state index contributed by atoms with van der Waals surface area (Å²) in [7, 11) is 0. The Labute approximate surface area is 213 Å². The predicted octanol–water partition coefficient (Wildman–Crippen LogP) is 1.56. The second-order valence-electron chi connectivity index (χ2n) is 9.66. The van der Waals surface area contributed by atoms with Crippen LogP contribution in [-0.4, -0.2) is 88.3 Å². The van der Waals surface area contributed by atoms with Gasteiger partial charge in [-0.25, -0.2) is 4.79 Å². The molecule has 2 aromatic carbocycles. The molecule has 3 amide bonds. The van der Waals surface area contributed by atoms with Crippen molar-refractivity contribution in [1.82, 2.24) is 15.1 Å². The van der Waals surface area contributed by atoms with Gasteiger partial charge in [0.15, 0.2) is 0 Å². The van der Waals surface area contributed by atoms with Gasteiger partial charge >= 0.3 is 12.1 Å². The highest BCUT2D eigenvalue weighted by atomic mass is 16.6. The van der Waals surface area contributed by atoms with Gasteiger partial charge in [-0.1, -0.05) is 48.5 Å². The van der Waals surface area contributed by atoms with E-state index in [-0.39, 0.29) is 25.5 Å². The number of aliphatic hydroxyl groups is 1. The molecule has 2 saturated heterocycles. The molecule has 0 bridgehead atoms. The standard InChI is InChI=1S/C27H29N3O7/c31-16-12-23(25(34)28-13-24(32)33)30(14-16)26(35)22-10-5-11-29(22)27(36)37-15-21-19-8-3-1-6-17(19)18-7-2-4-9-20(18)21/h1-4,6-9,16,21-23,31H,5,10-15H2,(H,28,34)(H,32,33). The number of hydrogen-bond donors (Lipinski definition) is 3. The second kappa shape index (κ2) is 10.2. The lowest BCUT2D eigenvalue weighted by Gasteiger charge is -2.30. The minimum Gasteiger partial charge on any atom is -0.480 e. The van der Waals surface area contributed by atoms with Crippen molar-refractivity contribution in [2.24, 2.45) is 0 Å². The number of ether oxygens (including phenoxy) is 1. The lowest BCUT2D eigenvalue weighted by molar-refractivity contribution is -0.142. The van der Waals surface area contributed by atoms with E-state index in [9.17, 15) is 24.3 Å². The van der Waals surface area contributed by atoms with Gasteiger partial charge in [0.2, 0.25) is 11.8 Å². The summed E-state index contributed by atoms with van der Waals surface area (Å²) in [6, 6.07) is 14.3. The normalized spacial score (nSPS) is 22.5. The van der Waals surface area contributed by atoms with Crippen LogP contribution in [0.3, 0.4) is 0 Å². The highest BCUT2D eigenvalue weighted by Crippen LogP contribution is 2.44. The smallest absolute Gasteiger partial charge is 0.410 e. The third kappa shape index (κ3) is 4.76. The Morgan fingerprint density at radius 2 is 1.59 bits per heavy atom. The molecule has 5 rings (SSSR count). The van der Waals surface area contributed by atoms with Crippen molar-refractivity contribution in [2.75, 3.05) is 26.2 Å². The van der Waals surface area contributed by atoms with E-state index in [0.717, 1.165) is 22.3 Å². The summed E-state index contributed by atoms with van der Waals surface area (Å²) in [5.41, 5.74) is 4.42. The fourth-order valence-electron chi connectivity index (χ4n) is 5.70. The molecule has 194 valence electrons. The van der Waals surface area contributed by atoms with Crippen LogP contribution in [0, 0.1) is 0 Å². The van der Waals surface area contributed by atoms with Crippen LogP contribution in [0.1, 0.15) is 36.3 Å². The number of hydrogen-bond acceptors (Lipinski definition) is 6. The number of fused-ring (bicyclic) bond motifs is 3. The van der Waals surface area contributed by atoms with Gasteiger partial charge in [0.1, 0.15) is 25.2 Å². The maximum Gasteiger partial charge on any atom is 0.410 e. The van der Waals surface area contributed by atoms with Crippen LogP contribution in [0.2, 0.25) is 0 Å². The Kier molecular flexibility index (Phi) is 6.84. The topological polar surface area (TPSA) is 136 Å². The zero-order valence-corrected chi connectivity index (χ0v) is 20.2. The Morgan fingerprint density at radius 3 is 2.24 bits per heavy atom. The summed E-state index contributed by atoms with van der Waals surface area (Å²) < 4.78 is 5.75. The fraction of sp³-hybridized carbons (Fsp3) is 0.407. The molecule has 3 atom stereocenters. The van der Waals surface area contributed by atoms with Crippen LogP contribution in [-0.2, 0) is 19.1 Å². The van der Waals surface area contributed by atoms with Gasteiger partial charge < -0.3 is 25.2 Å². The molecule has 2 aromatic rings. The third-order valence-corrected chi connectivity index (χ3v) is 7.39. The number of amides is 3. The average molecular weight is 508 g/mol. The number of aliphatic hydroxyl groups excluding tert-OH is 1. The van der Waals surface area contributed by atoms with E-state index in [4.69, 9.17) is 9.84 Å². The number of β-amino-alcohol motifs (C(OH)–C–C–N with tert-alkyl or cyclic N) is 1. The molecule has 2 fully saturated rings. The molecule has 3 aliphatic rings. The zero-order valence-electron chi connectivity index (χ0n) is 20.2. The van der Waals surface area contributed by atoms with Gasteiger partial charge in [-0.15, -0.1) is 0 Å². The molecule has 2 aliphatic heterocycles. The molecule has 3 unspecified atom stereocenters. The van der Waals surface area contributed by atoms with Crippen LogP contribution < -0.4 is 5.32 Å². The number of carbonyl (C=O) groups excluding carboxylic acids is 3. The van der Waals surface area contributed by atoms with Crippen molar-refractivity contribution in [3.05, 3.63) is 59.7 Å². The van der Waals surface area contributed by atoms with E-state index in [1.807, 2.05) is 36.4 Å². The van der Waals surface area contributed by atoms with Crippen molar-refractivity contribution in [2.45, 2.75) is 43.4 Å². The minimum atomic E-state index is -1.21. The number of aliphatic carboxylic acids is 1. The molecule has 2 heterocycles. The maximum absolute atomic E-state index is 13.4. The molecule has 0 aromatic heterocycles. The SMILES string of the molecule is O=C(O)CNC(=O)C1CC(O)CN1C(=O)C1CCCN1C(=O)OCC1c2ccccc2-c2ccccc21. The second-order valence-corrected chi connectivity index (χ2v) is 9.66. The number of likely N-dealkylation sites (tertiary alicyclic amines) is 2. The lowest BCUT2D eigenvalue weighted by atomic mass is 9.98. The number of benzene rings is 2. The first-order valence-corrected chi connectivity index (χ1v) is 12.4. The summed E-state index contributed by atoms with van der Waals surface area (Å²) in [5.74, 6) is -2.40. The van der Waals surface area contributed by atoms with Crippen LogP contribution >= 0.6 is 0 Å². The number of carboxylic acid groups (broad SMARTS) is 1. The minimum absolute atomic E-state index is 0.00879. The first-order chi connectivity index (χ1) is 17.8. The van der Waals surface area contributed by atoms with E-state index < -0.39 is 48.6 Å². The molecule has 1 aliphatic carbocycles. The molecule has 10 nitrogen and oxygen atoms in total. The number of nitrogens with zero attached hydrogens (tertiary/aromatic N) is 2. The monoisotopic (exact) mass is 507 g/mol. The number of carbonyl (C=O) groups is 4. The Morgan fingerprint density at radius 1 is 0.946 bits per heavy atom. The Bertz CT molecular complexity index is 1190. The van der Waals surface area contributed by atoms with Gasteiger partial charge in [0.05, 0.1) is 6.10 Å². The summed E-state index contributed by atoms with van der Waals surface area (Å²) in [6.07, 6.45) is -0.473. The number of rotatable bonds is 6. The molecule has 37 heavy (non-hydrogen) atoms. The van der Waals surface area contributed by atoms with Crippen LogP contribution in [0.15, 0.2) is 48.5 Å². The molecule has 0 saturated carbocycles.